The number of nitrogens with zero attached hydrogens (tertiary/aromatic N) is 3. The van der Waals surface area contributed by atoms with E-state index in [0.717, 1.165) is 6.54 Å². The standard InChI is InChI=1S/C13H19FN4O2/c1-16-6-3-12(11(14)9-16)18-8-10(13(19)20)7-17(18)5-2-4-15/h8,11-12H,3-4,6-7,9,15H2,1H3,(H,19,20)/t11-,12+/m0/s1. The highest BCUT2D eigenvalue weighted by Gasteiger charge is 2.37. The molecule has 0 aromatic heterocycles. The number of piperidine rings is 1. The van der Waals surface area contributed by atoms with Gasteiger partial charge in [0.15, 0.2) is 0 Å². The van der Waals surface area contributed by atoms with E-state index in [1.54, 1.807) is 10.0 Å². The van der Waals surface area contributed by atoms with Gasteiger partial charge in [-0.1, -0.05) is 5.92 Å². The second kappa shape index (κ2) is 6.11. The number of nitrogens with two attached hydrogens (primary N) is 1. The SMILES string of the molecule is CN1CC[C@@H](N2C=C(C(=O)O)CN2C#CCN)[C@@H](F)C1. The molecule has 2 atom stereocenters. The molecular formula is C13H19FN4O2. The number of hydrogen-bond donors (Lipinski definition) is 2. The molecule has 7 heteroatoms. The summed E-state index contributed by atoms with van der Waals surface area (Å²) in [5.41, 5.74) is 5.55. The summed E-state index contributed by atoms with van der Waals surface area (Å²) in [6.45, 7) is 1.45. The number of halogens is 1. The first-order valence-corrected chi connectivity index (χ1v) is 6.54. The molecule has 0 amide bonds. The Balaban J connectivity index is 2.18. The molecular weight excluding hydrogens is 263 g/mol. The molecule has 2 aliphatic rings. The molecule has 1 saturated heterocycles. The minimum Gasteiger partial charge on any atom is -0.478 e. The zero-order valence-corrected chi connectivity index (χ0v) is 11.4. The van der Waals surface area contributed by atoms with E-state index in [1.165, 1.54) is 6.20 Å². The molecule has 0 radical (unpaired) electrons. The van der Waals surface area contributed by atoms with Crippen molar-refractivity contribution in [2.75, 3.05) is 33.2 Å². The van der Waals surface area contributed by atoms with Crippen LogP contribution in [0.5, 0.6) is 0 Å². The van der Waals surface area contributed by atoms with E-state index in [0.29, 0.717) is 13.0 Å². The summed E-state index contributed by atoms with van der Waals surface area (Å²) >= 11 is 0. The quantitative estimate of drug-likeness (QED) is 0.662. The largest absolute Gasteiger partial charge is 0.478 e. The van der Waals surface area contributed by atoms with Crippen LogP contribution in [0.2, 0.25) is 0 Å². The summed E-state index contributed by atoms with van der Waals surface area (Å²) in [7, 11) is 1.87. The topological polar surface area (TPSA) is 73.0 Å². The second-order valence-corrected chi connectivity index (χ2v) is 5.02. The summed E-state index contributed by atoms with van der Waals surface area (Å²) in [4.78, 5) is 13.0. The highest BCUT2D eigenvalue weighted by molar-refractivity contribution is 5.87. The predicted molar refractivity (Wildman–Crippen MR) is 71.9 cm³/mol. The first-order chi connectivity index (χ1) is 9.52. The van der Waals surface area contributed by atoms with Gasteiger partial charge in [-0.15, -0.1) is 0 Å². The van der Waals surface area contributed by atoms with Crippen LogP contribution < -0.4 is 5.73 Å². The van der Waals surface area contributed by atoms with E-state index < -0.39 is 12.1 Å². The smallest absolute Gasteiger partial charge is 0.335 e. The Kier molecular flexibility index (Phi) is 4.47. The van der Waals surface area contributed by atoms with Gasteiger partial charge in [0.1, 0.15) is 6.17 Å². The normalized spacial score (nSPS) is 27.1. The van der Waals surface area contributed by atoms with Crippen LogP contribution in [0.3, 0.4) is 0 Å². The van der Waals surface area contributed by atoms with E-state index >= 15 is 0 Å². The summed E-state index contributed by atoms with van der Waals surface area (Å²) in [6.07, 6.45) is 1.07. The lowest BCUT2D eigenvalue weighted by atomic mass is 10.0. The van der Waals surface area contributed by atoms with Gasteiger partial charge in [0.2, 0.25) is 0 Å². The third kappa shape index (κ3) is 3.03. The Morgan fingerprint density at radius 3 is 3.00 bits per heavy atom. The van der Waals surface area contributed by atoms with Crippen molar-refractivity contribution in [1.82, 2.24) is 14.9 Å². The highest BCUT2D eigenvalue weighted by Crippen LogP contribution is 2.25. The van der Waals surface area contributed by atoms with Crippen LogP contribution in [0.1, 0.15) is 6.42 Å². The number of carboxylic acid groups (broad SMARTS) is 1. The summed E-state index contributed by atoms with van der Waals surface area (Å²) in [5.74, 6) is 1.69. The van der Waals surface area contributed by atoms with Gasteiger partial charge in [-0.05, 0) is 13.5 Å². The summed E-state index contributed by atoms with van der Waals surface area (Å²) < 4.78 is 14.2. The van der Waals surface area contributed by atoms with E-state index in [2.05, 4.69) is 12.0 Å². The van der Waals surface area contributed by atoms with E-state index in [9.17, 15) is 9.18 Å². The molecule has 2 rings (SSSR count). The number of aliphatic carboxylic acids is 1. The number of alkyl halides is 1. The van der Waals surface area contributed by atoms with Gasteiger partial charge in [0, 0.05) is 25.3 Å². The second-order valence-electron chi connectivity index (χ2n) is 5.02. The molecule has 110 valence electrons. The summed E-state index contributed by atoms with van der Waals surface area (Å²) in [5, 5.41) is 12.2. The predicted octanol–water partition coefficient (Wildman–Crippen LogP) is -0.551. The Bertz CT molecular complexity index is 471. The number of carbonyl (C=O) groups is 1. The maximum atomic E-state index is 14.2. The van der Waals surface area contributed by atoms with Crippen molar-refractivity contribution in [2.45, 2.75) is 18.6 Å². The van der Waals surface area contributed by atoms with Crippen LogP contribution in [0.25, 0.3) is 0 Å². The van der Waals surface area contributed by atoms with Crippen molar-refractivity contribution in [2.24, 2.45) is 5.73 Å². The molecule has 6 nitrogen and oxygen atoms in total. The van der Waals surface area contributed by atoms with Gasteiger partial charge in [-0.25, -0.2) is 14.2 Å². The number of rotatable bonds is 2. The van der Waals surface area contributed by atoms with E-state index in [1.807, 2.05) is 11.9 Å². The van der Waals surface area contributed by atoms with Gasteiger partial charge in [-0.2, -0.15) is 0 Å². The number of hydrogen-bond acceptors (Lipinski definition) is 5. The van der Waals surface area contributed by atoms with Crippen LogP contribution in [0.15, 0.2) is 11.8 Å². The fraction of sp³-hybridized carbons (Fsp3) is 0.615. The zero-order valence-electron chi connectivity index (χ0n) is 11.4. The molecule has 0 aromatic carbocycles. The van der Waals surface area contributed by atoms with Gasteiger partial charge < -0.3 is 15.7 Å². The third-order valence-electron chi connectivity index (χ3n) is 3.52. The van der Waals surface area contributed by atoms with Gasteiger partial charge in [-0.3, -0.25) is 5.01 Å². The monoisotopic (exact) mass is 282 g/mol. The van der Waals surface area contributed by atoms with Crippen molar-refractivity contribution in [3.8, 4) is 12.0 Å². The van der Waals surface area contributed by atoms with Crippen LogP contribution in [-0.4, -0.2) is 71.4 Å². The maximum Gasteiger partial charge on any atom is 0.335 e. The maximum absolute atomic E-state index is 14.2. The van der Waals surface area contributed by atoms with Crippen molar-refractivity contribution in [1.29, 1.82) is 0 Å². The van der Waals surface area contributed by atoms with Gasteiger partial charge in [0.05, 0.1) is 24.7 Å². The first-order valence-electron chi connectivity index (χ1n) is 6.54. The van der Waals surface area contributed by atoms with Crippen molar-refractivity contribution in [3.63, 3.8) is 0 Å². The Hall–Kier alpha value is -1.78. The molecule has 0 aliphatic carbocycles. The number of carboxylic acids is 1. The Morgan fingerprint density at radius 2 is 2.40 bits per heavy atom. The fourth-order valence-electron chi connectivity index (χ4n) is 2.49. The van der Waals surface area contributed by atoms with Crippen molar-refractivity contribution >= 4 is 5.97 Å². The van der Waals surface area contributed by atoms with E-state index in [-0.39, 0.29) is 24.7 Å². The lowest BCUT2D eigenvalue weighted by Crippen LogP contribution is -2.52. The molecule has 2 aliphatic heterocycles. The zero-order chi connectivity index (χ0) is 14.7. The number of hydrazine groups is 1. The molecule has 0 unspecified atom stereocenters. The minimum absolute atomic E-state index is 0.154. The summed E-state index contributed by atoms with van der Waals surface area (Å²) in [6, 6.07) is 2.40. The van der Waals surface area contributed by atoms with Crippen LogP contribution in [0, 0.1) is 12.0 Å². The molecule has 3 N–H and O–H groups in total. The number of likely N-dealkylation sites (tertiary alicyclic amines) is 1. The average molecular weight is 282 g/mol. The van der Waals surface area contributed by atoms with E-state index in [4.69, 9.17) is 10.8 Å². The van der Waals surface area contributed by atoms with Gasteiger partial charge in [0.25, 0.3) is 0 Å². The molecule has 1 fully saturated rings. The van der Waals surface area contributed by atoms with Crippen molar-refractivity contribution < 1.29 is 14.3 Å². The minimum atomic E-state index is -1.04. The Morgan fingerprint density at radius 1 is 1.65 bits per heavy atom. The molecule has 0 aromatic rings. The lowest BCUT2D eigenvalue weighted by Gasteiger charge is -2.40. The molecule has 0 bridgehead atoms. The van der Waals surface area contributed by atoms with Crippen LogP contribution in [-0.2, 0) is 4.79 Å². The van der Waals surface area contributed by atoms with Gasteiger partial charge >= 0.3 is 5.97 Å². The van der Waals surface area contributed by atoms with Crippen molar-refractivity contribution in [3.05, 3.63) is 11.8 Å². The molecule has 2 heterocycles. The van der Waals surface area contributed by atoms with Crippen LogP contribution in [0.4, 0.5) is 4.39 Å². The highest BCUT2D eigenvalue weighted by atomic mass is 19.1. The first kappa shape index (κ1) is 14.6. The fourth-order valence-corrected chi connectivity index (χ4v) is 2.49. The Labute approximate surface area is 117 Å². The average Bonchev–Trinajstić information content (AvgIpc) is 2.80. The molecule has 20 heavy (non-hydrogen) atoms. The molecule has 0 saturated carbocycles. The van der Waals surface area contributed by atoms with Crippen LogP contribution >= 0.6 is 0 Å². The third-order valence-corrected chi connectivity index (χ3v) is 3.52. The molecule has 0 spiro atoms. The lowest BCUT2D eigenvalue weighted by molar-refractivity contribution is -0.132.